The molecule has 1 unspecified atom stereocenters. The molecule has 4 heteroatoms. The lowest BCUT2D eigenvalue weighted by Crippen LogP contribution is -2.42. The van der Waals surface area contributed by atoms with Crippen LogP contribution in [0.5, 0.6) is 0 Å². The summed E-state index contributed by atoms with van der Waals surface area (Å²) in [6.07, 6.45) is 3.83. The highest BCUT2D eigenvalue weighted by molar-refractivity contribution is 5.81. The third-order valence-electron chi connectivity index (χ3n) is 3.28. The maximum absolute atomic E-state index is 11.6. The van der Waals surface area contributed by atoms with Gasteiger partial charge in [0.2, 0.25) is 5.91 Å². The quantitative estimate of drug-likeness (QED) is 0.684. The lowest BCUT2D eigenvalue weighted by Gasteiger charge is -2.19. The van der Waals surface area contributed by atoms with Crippen LogP contribution in [0, 0.1) is 5.92 Å². The highest BCUT2D eigenvalue weighted by atomic mass is 16.2. The molecule has 2 fully saturated rings. The summed E-state index contributed by atoms with van der Waals surface area (Å²) in [5, 5.41) is 3.53. The van der Waals surface area contributed by atoms with E-state index in [0.717, 1.165) is 32.0 Å². The van der Waals surface area contributed by atoms with Gasteiger partial charge in [0.05, 0.1) is 6.04 Å². The fourth-order valence-electron chi connectivity index (χ4n) is 2.07. The first-order chi connectivity index (χ1) is 7.16. The van der Waals surface area contributed by atoms with Crippen molar-refractivity contribution in [3.63, 3.8) is 0 Å². The van der Waals surface area contributed by atoms with E-state index in [4.69, 9.17) is 5.73 Å². The van der Waals surface area contributed by atoms with Crippen molar-refractivity contribution in [2.45, 2.75) is 38.3 Å². The second-order valence-corrected chi connectivity index (χ2v) is 4.91. The SMILES string of the molecule is CC(N)C(=O)N1CC[C@H](NCC2CC2)C1. The molecule has 3 N–H and O–H groups in total. The molecule has 15 heavy (non-hydrogen) atoms. The van der Waals surface area contributed by atoms with Crippen molar-refractivity contribution in [2.24, 2.45) is 11.7 Å². The molecule has 1 saturated carbocycles. The Kier molecular flexibility index (Phi) is 3.26. The van der Waals surface area contributed by atoms with E-state index in [1.54, 1.807) is 6.92 Å². The van der Waals surface area contributed by atoms with Crippen LogP contribution in [0.25, 0.3) is 0 Å². The van der Waals surface area contributed by atoms with Crippen molar-refractivity contribution < 1.29 is 4.79 Å². The summed E-state index contributed by atoms with van der Waals surface area (Å²) in [7, 11) is 0. The molecule has 1 amide bonds. The first kappa shape index (κ1) is 10.9. The minimum Gasteiger partial charge on any atom is -0.340 e. The molecule has 0 aromatic rings. The smallest absolute Gasteiger partial charge is 0.239 e. The van der Waals surface area contributed by atoms with Crippen LogP contribution in [0.3, 0.4) is 0 Å². The van der Waals surface area contributed by atoms with Gasteiger partial charge < -0.3 is 16.0 Å². The number of hydrogen-bond donors (Lipinski definition) is 2. The Morgan fingerprint density at radius 3 is 2.87 bits per heavy atom. The second-order valence-electron chi connectivity index (χ2n) is 4.91. The molecule has 86 valence electrons. The average Bonchev–Trinajstić information content (AvgIpc) is 2.92. The molecular formula is C11H21N3O. The molecule has 1 heterocycles. The largest absolute Gasteiger partial charge is 0.340 e. The lowest BCUT2D eigenvalue weighted by atomic mass is 10.2. The topological polar surface area (TPSA) is 58.4 Å². The van der Waals surface area contributed by atoms with Gasteiger partial charge >= 0.3 is 0 Å². The van der Waals surface area contributed by atoms with Gasteiger partial charge in [0, 0.05) is 19.1 Å². The van der Waals surface area contributed by atoms with E-state index in [0.29, 0.717) is 6.04 Å². The van der Waals surface area contributed by atoms with Crippen LogP contribution < -0.4 is 11.1 Å². The summed E-state index contributed by atoms with van der Waals surface area (Å²) >= 11 is 0. The third-order valence-corrected chi connectivity index (χ3v) is 3.28. The van der Waals surface area contributed by atoms with Crippen LogP contribution in [0.4, 0.5) is 0 Å². The Balaban J connectivity index is 1.70. The first-order valence-electron chi connectivity index (χ1n) is 5.94. The number of nitrogens with zero attached hydrogens (tertiary/aromatic N) is 1. The molecule has 0 aromatic heterocycles. The maximum Gasteiger partial charge on any atom is 0.239 e. The highest BCUT2D eigenvalue weighted by Gasteiger charge is 2.29. The maximum atomic E-state index is 11.6. The summed E-state index contributed by atoms with van der Waals surface area (Å²) in [5.41, 5.74) is 5.58. The predicted octanol–water partition coefficient (Wildman–Crippen LogP) is -0.0659. The van der Waals surface area contributed by atoms with Crippen LogP contribution in [0.15, 0.2) is 0 Å². The van der Waals surface area contributed by atoms with E-state index in [2.05, 4.69) is 5.32 Å². The molecule has 0 spiro atoms. The van der Waals surface area contributed by atoms with Crippen LogP contribution in [0.1, 0.15) is 26.2 Å². The fraction of sp³-hybridized carbons (Fsp3) is 0.909. The van der Waals surface area contributed by atoms with Crippen molar-refractivity contribution in [3.05, 3.63) is 0 Å². The number of amides is 1. The summed E-state index contributed by atoms with van der Waals surface area (Å²) < 4.78 is 0. The van der Waals surface area contributed by atoms with Gasteiger partial charge in [-0.2, -0.15) is 0 Å². The molecule has 1 aliphatic heterocycles. The molecule has 1 saturated heterocycles. The number of likely N-dealkylation sites (tertiary alicyclic amines) is 1. The van der Waals surface area contributed by atoms with Gasteiger partial charge in [-0.1, -0.05) is 0 Å². The van der Waals surface area contributed by atoms with Crippen molar-refractivity contribution in [1.29, 1.82) is 0 Å². The minimum absolute atomic E-state index is 0.0886. The van der Waals surface area contributed by atoms with Gasteiger partial charge in [-0.3, -0.25) is 4.79 Å². The van der Waals surface area contributed by atoms with Crippen molar-refractivity contribution in [3.8, 4) is 0 Å². The number of hydrogen-bond acceptors (Lipinski definition) is 3. The van der Waals surface area contributed by atoms with E-state index in [9.17, 15) is 4.79 Å². The minimum atomic E-state index is -0.354. The molecule has 4 nitrogen and oxygen atoms in total. The normalized spacial score (nSPS) is 28.1. The van der Waals surface area contributed by atoms with Gasteiger partial charge in [-0.15, -0.1) is 0 Å². The summed E-state index contributed by atoms with van der Waals surface area (Å²) in [4.78, 5) is 13.5. The standard InChI is InChI=1S/C11H21N3O/c1-8(12)11(15)14-5-4-10(7-14)13-6-9-2-3-9/h8-10,13H,2-7,12H2,1H3/t8?,10-/m0/s1. The number of carbonyl (C=O) groups is 1. The van der Waals surface area contributed by atoms with Gasteiger partial charge in [0.15, 0.2) is 0 Å². The monoisotopic (exact) mass is 211 g/mol. The Hall–Kier alpha value is -0.610. The van der Waals surface area contributed by atoms with Gasteiger partial charge in [0.25, 0.3) is 0 Å². The summed E-state index contributed by atoms with van der Waals surface area (Å²) in [6.45, 7) is 4.59. The molecule has 0 bridgehead atoms. The zero-order chi connectivity index (χ0) is 10.8. The Labute approximate surface area is 91.2 Å². The molecular weight excluding hydrogens is 190 g/mol. The van der Waals surface area contributed by atoms with E-state index < -0.39 is 0 Å². The van der Waals surface area contributed by atoms with Gasteiger partial charge in [-0.05, 0) is 38.6 Å². The Morgan fingerprint density at radius 2 is 2.27 bits per heavy atom. The second kappa shape index (κ2) is 4.49. The van der Waals surface area contributed by atoms with E-state index >= 15 is 0 Å². The molecule has 1 aliphatic carbocycles. The van der Waals surface area contributed by atoms with Crippen molar-refractivity contribution in [1.82, 2.24) is 10.2 Å². The molecule has 0 radical (unpaired) electrons. The van der Waals surface area contributed by atoms with E-state index in [1.165, 1.54) is 12.8 Å². The van der Waals surface area contributed by atoms with Crippen LogP contribution in [0.2, 0.25) is 0 Å². The van der Waals surface area contributed by atoms with Crippen LogP contribution in [-0.2, 0) is 4.79 Å². The van der Waals surface area contributed by atoms with Crippen LogP contribution in [-0.4, -0.2) is 42.5 Å². The zero-order valence-electron chi connectivity index (χ0n) is 9.41. The third kappa shape index (κ3) is 2.92. The first-order valence-corrected chi connectivity index (χ1v) is 5.94. The van der Waals surface area contributed by atoms with Crippen molar-refractivity contribution >= 4 is 5.91 Å². The molecule has 2 aliphatic rings. The van der Waals surface area contributed by atoms with Crippen LogP contribution >= 0.6 is 0 Å². The molecule has 2 atom stereocenters. The summed E-state index contributed by atoms with van der Waals surface area (Å²) in [5.74, 6) is 0.994. The number of nitrogens with one attached hydrogen (secondary N) is 1. The highest BCUT2D eigenvalue weighted by Crippen LogP contribution is 2.28. The number of nitrogens with two attached hydrogens (primary N) is 1. The van der Waals surface area contributed by atoms with E-state index in [-0.39, 0.29) is 11.9 Å². The van der Waals surface area contributed by atoms with Gasteiger partial charge in [-0.25, -0.2) is 0 Å². The molecule has 2 rings (SSSR count). The summed E-state index contributed by atoms with van der Waals surface area (Å²) in [6, 6.07) is 0.139. The predicted molar refractivity (Wildman–Crippen MR) is 59.4 cm³/mol. The average molecular weight is 211 g/mol. The zero-order valence-corrected chi connectivity index (χ0v) is 9.41. The number of carbonyl (C=O) groups excluding carboxylic acids is 1. The molecule has 0 aromatic carbocycles. The fourth-order valence-corrected chi connectivity index (χ4v) is 2.07. The number of rotatable bonds is 4. The Bertz CT molecular complexity index is 238. The lowest BCUT2D eigenvalue weighted by molar-refractivity contribution is -0.131. The van der Waals surface area contributed by atoms with E-state index in [1.807, 2.05) is 4.90 Å². The Morgan fingerprint density at radius 1 is 1.53 bits per heavy atom. The van der Waals surface area contributed by atoms with Gasteiger partial charge in [0.1, 0.15) is 0 Å². The van der Waals surface area contributed by atoms with Crippen molar-refractivity contribution in [2.75, 3.05) is 19.6 Å².